The maximum Gasteiger partial charge on any atom is 0.164 e. The Bertz CT molecular complexity index is 552. The van der Waals surface area contributed by atoms with Crippen LogP contribution in [0.25, 0.3) is 0 Å². The van der Waals surface area contributed by atoms with Crippen LogP contribution in [0.5, 0.6) is 17.2 Å². The molecule has 5 nitrogen and oxygen atoms in total. The second kappa shape index (κ2) is 7.59. The summed E-state index contributed by atoms with van der Waals surface area (Å²) in [7, 11) is 4.88. The number of hydrogen-bond donors (Lipinski definition) is 1. The molecular formula is C16H21NO4. The van der Waals surface area contributed by atoms with Crippen LogP contribution in [0, 0.1) is 0 Å². The first-order valence-electron chi connectivity index (χ1n) is 6.80. The van der Waals surface area contributed by atoms with Gasteiger partial charge in [0.1, 0.15) is 11.5 Å². The van der Waals surface area contributed by atoms with E-state index in [0.29, 0.717) is 18.0 Å². The summed E-state index contributed by atoms with van der Waals surface area (Å²) in [5.74, 6) is 3.11. The molecule has 0 aliphatic rings. The third-order valence-electron chi connectivity index (χ3n) is 3.23. The lowest BCUT2D eigenvalue weighted by atomic mass is 10.1. The Morgan fingerprint density at radius 2 is 1.71 bits per heavy atom. The lowest BCUT2D eigenvalue weighted by Crippen LogP contribution is -2.17. The maximum atomic E-state index is 5.40. The van der Waals surface area contributed by atoms with Gasteiger partial charge < -0.3 is 23.9 Å². The molecule has 2 aromatic rings. The maximum absolute atomic E-state index is 5.40. The van der Waals surface area contributed by atoms with Crippen molar-refractivity contribution in [3.63, 3.8) is 0 Å². The third-order valence-corrected chi connectivity index (χ3v) is 3.23. The van der Waals surface area contributed by atoms with Gasteiger partial charge in [-0.25, -0.2) is 0 Å². The predicted octanol–water partition coefficient (Wildman–Crippen LogP) is 2.64. The predicted molar refractivity (Wildman–Crippen MR) is 80.2 cm³/mol. The van der Waals surface area contributed by atoms with Gasteiger partial charge in [0, 0.05) is 31.1 Å². The highest BCUT2D eigenvalue weighted by atomic mass is 16.5. The Hall–Kier alpha value is -2.14. The summed E-state index contributed by atoms with van der Waals surface area (Å²) in [6.45, 7) is 1.51. The number of hydrogen-bond acceptors (Lipinski definition) is 5. The summed E-state index contributed by atoms with van der Waals surface area (Å²) in [6.07, 6.45) is 2.54. The van der Waals surface area contributed by atoms with Gasteiger partial charge in [0.2, 0.25) is 0 Å². The van der Waals surface area contributed by atoms with Gasteiger partial charge in [0.05, 0.1) is 27.6 Å². The molecule has 0 amide bonds. The number of methoxy groups -OCH3 is 3. The molecule has 0 spiro atoms. The van der Waals surface area contributed by atoms with Crippen LogP contribution in [-0.4, -0.2) is 27.9 Å². The van der Waals surface area contributed by atoms with Crippen LogP contribution in [0.15, 0.2) is 34.9 Å². The van der Waals surface area contributed by atoms with Crippen molar-refractivity contribution < 1.29 is 18.6 Å². The molecule has 0 bridgehead atoms. The lowest BCUT2D eigenvalue weighted by Gasteiger charge is -2.14. The van der Waals surface area contributed by atoms with Crippen molar-refractivity contribution in [1.29, 1.82) is 0 Å². The minimum atomic E-state index is 0.661. The molecular weight excluding hydrogens is 270 g/mol. The summed E-state index contributed by atoms with van der Waals surface area (Å²) < 4.78 is 21.3. The van der Waals surface area contributed by atoms with Crippen molar-refractivity contribution >= 4 is 0 Å². The van der Waals surface area contributed by atoms with Gasteiger partial charge in [0.15, 0.2) is 11.5 Å². The standard InChI is InChI=1S/C16H21NO4/c1-18-14-10-16(20-3)15(19-2)9-12(14)11-17-7-6-13-5-4-8-21-13/h4-5,8-10,17H,6-7,11H2,1-3H3. The normalized spacial score (nSPS) is 10.4. The average Bonchev–Trinajstić information content (AvgIpc) is 3.04. The first kappa shape index (κ1) is 15.3. The summed E-state index contributed by atoms with van der Waals surface area (Å²) >= 11 is 0. The molecule has 2 rings (SSSR count). The van der Waals surface area contributed by atoms with E-state index >= 15 is 0 Å². The second-order valence-electron chi connectivity index (χ2n) is 4.53. The average molecular weight is 291 g/mol. The van der Waals surface area contributed by atoms with Gasteiger partial charge in [-0.05, 0) is 18.2 Å². The molecule has 0 unspecified atom stereocenters. The minimum Gasteiger partial charge on any atom is -0.496 e. The lowest BCUT2D eigenvalue weighted by molar-refractivity contribution is 0.347. The van der Waals surface area contributed by atoms with Crippen LogP contribution in [0.2, 0.25) is 0 Å². The molecule has 0 aliphatic heterocycles. The molecule has 0 atom stereocenters. The zero-order valence-corrected chi connectivity index (χ0v) is 12.6. The van der Waals surface area contributed by atoms with E-state index in [4.69, 9.17) is 18.6 Å². The van der Waals surface area contributed by atoms with Crippen molar-refractivity contribution in [2.75, 3.05) is 27.9 Å². The molecule has 1 heterocycles. The van der Waals surface area contributed by atoms with E-state index in [-0.39, 0.29) is 0 Å². The smallest absolute Gasteiger partial charge is 0.164 e. The number of benzene rings is 1. The van der Waals surface area contributed by atoms with E-state index < -0.39 is 0 Å². The summed E-state index contributed by atoms with van der Waals surface area (Å²) in [5.41, 5.74) is 1.02. The van der Waals surface area contributed by atoms with E-state index in [1.165, 1.54) is 0 Å². The summed E-state index contributed by atoms with van der Waals surface area (Å²) in [4.78, 5) is 0. The SMILES string of the molecule is COc1cc(OC)c(OC)cc1CNCCc1ccco1. The number of nitrogens with one attached hydrogen (secondary N) is 1. The Kier molecular flexibility index (Phi) is 5.51. The van der Waals surface area contributed by atoms with Crippen molar-refractivity contribution in [2.24, 2.45) is 0 Å². The van der Waals surface area contributed by atoms with Crippen LogP contribution >= 0.6 is 0 Å². The van der Waals surface area contributed by atoms with Gasteiger partial charge in [0.25, 0.3) is 0 Å². The molecule has 0 fully saturated rings. The number of rotatable bonds is 8. The summed E-state index contributed by atoms with van der Waals surface area (Å²) in [5, 5.41) is 3.37. The zero-order chi connectivity index (χ0) is 15.1. The monoisotopic (exact) mass is 291 g/mol. The van der Waals surface area contributed by atoms with Crippen LogP contribution in [0.1, 0.15) is 11.3 Å². The van der Waals surface area contributed by atoms with Crippen LogP contribution in [-0.2, 0) is 13.0 Å². The van der Waals surface area contributed by atoms with Crippen molar-refractivity contribution in [3.05, 3.63) is 41.9 Å². The van der Waals surface area contributed by atoms with Crippen molar-refractivity contribution in [2.45, 2.75) is 13.0 Å². The molecule has 1 aromatic heterocycles. The van der Waals surface area contributed by atoms with Gasteiger partial charge in [-0.15, -0.1) is 0 Å². The van der Waals surface area contributed by atoms with E-state index in [1.54, 1.807) is 27.6 Å². The fourth-order valence-electron chi connectivity index (χ4n) is 2.12. The van der Waals surface area contributed by atoms with Gasteiger partial charge >= 0.3 is 0 Å². The first-order valence-corrected chi connectivity index (χ1v) is 6.80. The van der Waals surface area contributed by atoms with Gasteiger partial charge in [-0.3, -0.25) is 0 Å². The highest BCUT2D eigenvalue weighted by Gasteiger charge is 2.11. The second-order valence-corrected chi connectivity index (χ2v) is 4.53. The van der Waals surface area contributed by atoms with Gasteiger partial charge in [-0.2, -0.15) is 0 Å². The minimum absolute atomic E-state index is 0.661. The Morgan fingerprint density at radius 1 is 1.00 bits per heavy atom. The Morgan fingerprint density at radius 3 is 2.33 bits per heavy atom. The highest BCUT2D eigenvalue weighted by Crippen LogP contribution is 2.34. The van der Waals surface area contributed by atoms with Crippen LogP contribution < -0.4 is 19.5 Å². The molecule has 21 heavy (non-hydrogen) atoms. The fourth-order valence-corrected chi connectivity index (χ4v) is 2.12. The first-order chi connectivity index (χ1) is 10.3. The Balaban J connectivity index is 1.97. The van der Waals surface area contributed by atoms with Crippen LogP contribution in [0.4, 0.5) is 0 Å². The number of ether oxygens (including phenoxy) is 3. The molecule has 0 saturated heterocycles. The molecule has 1 aromatic carbocycles. The highest BCUT2D eigenvalue weighted by molar-refractivity contribution is 5.50. The van der Waals surface area contributed by atoms with Crippen molar-refractivity contribution in [3.8, 4) is 17.2 Å². The molecule has 0 saturated carbocycles. The zero-order valence-electron chi connectivity index (χ0n) is 12.6. The fraction of sp³-hybridized carbons (Fsp3) is 0.375. The largest absolute Gasteiger partial charge is 0.496 e. The van der Waals surface area contributed by atoms with E-state index in [9.17, 15) is 0 Å². The summed E-state index contributed by atoms with van der Waals surface area (Å²) in [6, 6.07) is 7.63. The quantitative estimate of drug-likeness (QED) is 0.758. The Labute approximate surface area is 124 Å². The van der Waals surface area contributed by atoms with E-state index in [2.05, 4.69) is 5.32 Å². The van der Waals surface area contributed by atoms with Crippen molar-refractivity contribution in [1.82, 2.24) is 5.32 Å². The molecule has 1 N–H and O–H groups in total. The molecule has 0 aliphatic carbocycles. The molecule has 114 valence electrons. The van der Waals surface area contributed by atoms with Crippen LogP contribution in [0.3, 0.4) is 0 Å². The van der Waals surface area contributed by atoms with E-state index in [0.717, 1.165) is 30.0 Å². The topological polar surface area (TPSA) is 52.9 Å². The van der Waals surface area contributed by atoms with E-state index in [1.807, 2.05) is 24.3 Å². The molecule has 0 radical (unpaired) electrons. The third kappa shape index (κ3) is 3.92. The molecule has 5 heteroatoms. The number of furan rings is 1. The van der Waals surface area contributed by atoms with Gasteiger partial charge in [-0.1, -0.05) is 0 Å².